The van der Waals surface area contributed by atoms with Crippen LogP contribution in [0.5, 0.6) is 5.75 Å². The van der Waals surface area contributed by atoms with E-state index in [1.54, 1.807) is 0 Å². The minimum Gasteiger partial charge on any atom is -0.493 e. The number of para-hydroxylation sites is 1. The van der Waals surface area contributed by atoms with Crippen molar-refractivity contribution in [2.45, 2.75) is 12.8 Å². The van der Waals surface area contributed by atoms with Gasteiger partial charge in [-0.1, -0.05) is 18.2 Å². The summed E-state index contributed by atoms with van der Waals surface area (Å²) in [5.41, 5.74) is 8.32. The number of hydrogen-bond donors (Lipinski definition) is 1. The Morgan fingerprint density at radius 3 is 2.95 bits per heavy atom. The second-order valence-electron chi connectivity index (χ2n) is 5.43. The van der Waals surface area contributed by atoms with Crippen LogP contribution in [-0.2, 0) is 19.9 Å². The molecule has 4 heteroatoms. The Kier molecular flexibility index (Phi) is 3.03. The SMILES string of the molecule is Cn1ccc(CC2(CN)COc3ccccc3C2)n1. The van der Waals surface area contributed by atoms with Gasteiger partial charge in [-0.3, -0.25) is 4.68 Å². The molecule has 2 aromatic rings. The van der Waals surface area contributed by atoms with E-state index < -0.39 is 0 Å². The average Bonchev–Trinajstić information content (AvgIpc) is 2.84. The molecular formula is C15H19N3O. The first-order chi connectivity index (χ1) is 9.21. The Hall–Kier alpha value is -1.81. The lowest BCUT2D eigenvalue weighted by Gasteiger charge is -2.36. The predicted octanol–water partition coefficient (Wildman–Crippen LogP) is 1.54. The summed E-state index contributed by atoms with van der Waals surface area (Å²) < 4.78 is 7.73. The van der Waals surface area contributed by atoms with Crippen LogP contribution in [0.2, 0.25) is 0 Å². The van der Waals surface area contributed by atoms with E-state index >= 15 is 0 Å². The first kappa shape index (κ1) is 12.2. The van der Waals surface area contributed by atoms with Gasteiger partial charge in [0.05, 0.1) is 12.3 Å². The maximum absolute atomic E-state index is 6.04. The van der Waals surface area contributed by atoms with Crippen molar-refractivity contribution < 1.29 is 4.74 Å². The fourth-order valence-electron chi connectivity index (χ4n) is 2.74. The highest BCUT2D eigenvalue weighted by Gasteiger charge is 2.35. The molecule has 1 aliphatic rings. The Balaban J connectivity index is 1.85. The molecule has 1 unspecified atom stereocenters. The lowest BCUT2D eigenvalue weighted by molar-refractivity contribution is 0.125. The van der Waals surface area contributed by atoms with Gasteiger partial charge in [0.25, 0.3) is 0 Å². The Labute approximate surface area is 113 Å². The Morgan fingerprint density at radius 2 is 2.21 bits per heavy atom. The topological polar surface area (TPSA) is 53.1 Å². The zero-order valence-corrected chi connectivity index (χ0v) is 11.2. The van der Waals surface area contributed by atoms with Gasteiger partial charge in [0.2, 0.25) is 0 Å². The summed E-state index contributed by atoms with van der Waals surface area (Å²) in [7, 11) is 1.94. The highest BCUT2D eigenvalue weighted by molar-refractivity contribution is 5.36. The highest BCUT2D eigenvalue weighted by atomic mass is 16.5. The molecule has 3 rings (SSSR count). The number of ether oxygens (including phenoxy) is 1. The maximum atomic E-state index is 6.04. The normalized spacial score (nSPS) is 21.8. The van der Waals surface area contributed by atoms with E-state index in [0.29, 0.717) is 13.2 Å². The molecule has 0 saturated heterocycles. The molecule has 0 aliphatic carbocycles. The van der Waals surface area contributed by atoms with Gasteiger partial charge in [-0.05, 0) is 24.1 Å². The molecule has 0 fully saturated rings. The molecule has 1 aliphatic heterocycles. The van der Waals surface area contributed by atoms with Gasteiger partial charge in [0.15, 0.2) is 0 Å². The first-order valence-corrected chi connectivity index (χ1v) is 6.60. The van der Waals surface area contributed by atoms with Crippen LogP contribution in [0, 0.1) is 5.41 Å². The van der Waals surface area contributed by atoms with Gasteiger partial charge in [-0.15, -0.1) is 0 Å². The summed E-state index contributed by atoms with van der Waals surface area (Å²) in [6.07, 6.45) is 3.78. The largest absolute Gasteiger partial charge is 0.493 e. The quantitative estimate of drug-likeness (QED) is 0.907. The smallest absolute Gasteiger partial charge is 0.122 e. The molecule has 0 bridgehead atoms. The number of fused-ring (bicyclic) bond motifs is 1. The van der Waals surface area contributed by atoms with E-state index in [1.165, 1.54) is 5.56 Å². The summed E-state index contributed by atoms with van der Waals surface area (Å²) in [6.45, 7) is 1.27. The van der Waals surface area contributed by atoms with Crippen LogP contribution in [0.1, 0.15) is 11.3 Å². The van der Waals surface area contributed by atoms with E-state index in [-0.39, 0.29) is 5.41 Å². The highest BCUT2D eigenvalue weighted by Crippen LogP contribution is 2.35. The van der Waals surface area contributed by atoms with Gasteiger partial charge in [-0.25, -0.2) is 0 Å². The molecule has 0 amide bonds. The Morgan fingerprint density at radius 1 is 1.37 bits per heavy atom. The van der Waals surface area contributed by atoms with Crippen molar-refractivity contribution in [2.24, 2.45) is 18.2 Å². The number of aryl methyl sites for hydroxylation is 1. The molecule has 2 heterocycles. The number of aromatic nitrogens is 2. The van der Waals surface area contributed by atoms with Crippen LogP contribution in [0.3, 0.4) is 0 Å². The van der Waals surface area contributed by atoms with Crippen LogP contribution in [0.4, 0.5) is 0 Å². The van der Waals surface area contributed by atoms with Crippen LogP contribution in [0.15, 0.2) is 36.5 Å². The third-order valence-corrected chi connectivity index (χ3v) is 3.83. The second kappa shape index (κ2) is 4.70. The summed E-state index contributed by atoms with van der Waals surface area (Å²) in [5, 5.41) is 4.46. The van der Waals surface area contributed by atoms with Crippen LogP contribution in [-0.4, -0.2) is 22.9 Å². The van der Waals surface area contributed by atoms with E-state index in [2.05, 4.69) is 23.3 Å². The van der Waals surface area contributed by atoms with Crippen molar-refractivity contribution in [1.82, 2.24) is 9.78 Å². The number of nitrogens with zero attached hydrogens (tertiary/aromatic N) is 2. The average molecular weight is 257 g/mol. The standard InChI is InChI=1S/C15H19N3O/c1-18-7-6-13(17-18)9-15(10-16)8-12-4-2-3-5-14(12)19-11-15/h2-7H,8-11,16H2,1H3. The van der Waals surface area contributed by atoms with Gasteiger partial charge >= 0.3 is 0 Å². The summed E-state index contributed by atoms with van der Waals surface area (Å²) in [6, 6.07) is 10.3. The summed E-state index contributed by atoms with van der Waals surface area (Å²) >= 11 is 0. The van der Waals surface area contributed by atoms with E-state index in [4.69, 9.17) is 10.5 Å². The maximum Gasteiger partial charge on any atom is 0.122 e. The van der Waals surface area contributed by atoms with E-state index in [9.17, 15) is 0 Å². The zero-order valence-electron chi connectivity index (χ0n) is 11.2. The third kappa shape index (κ3) is 2.36. The van der Waals surface area contributed by atoms with Crippen molar-refractivity contribution in [1.29, 1.82) is 0 Å². The van der Waals surface area contributed by atoms with Crippen molar-refractivity contribution in [2.75, 3.05) is 13.2 Å². The van der Waals surface area contributed by atoms with Gasteiger partial charge in [0.1, 0.15) is 5.75 Å². The number of hydrogen-bond acceptors (Lipinski definition) is 3. The van der Waals surface area contributed by atoms with Gasteiger partial charge in [-0.2, -0.15) is 5.10 Å². The molecular weight excluding hydrogens is 238 g/mol. The molecule has 19 heavy (non-hydrogen) atoms. The minimum atomic E-state index is -0.0390. The Bertz CT molecular complexity index is 578. The van der Waals surface area contributed by atoms with Crippen LogP contribution < -0.4 is 10.5 Å². The fourth-order valence-corrected chi connectivity index (χ4v) is 2.74. The van der Waals surface area contributed by atoms with Gasteiger partial charge < -0.3 is 10.5 Å². The second-order valence-corrected chi connectivity index (χ2v) is 5.43. The molecule has 4 nitrogen and oxygen atoms in total. The van der Waals surface area contributed by atoms with Crippen molar-refractivity contribution in [3.63, 3.8) is 0 Å². The van der Waals surface area contributed by atoms with Gasteiger partial charge in [0, 0.05) is 31.6 Å². The lowest BCUT2D eigenvalue weighted by atomic mass is 9.77. The molecule has 100 valence electrons. The van der Waals surface area contributed by atoms with Crippen molar-refractivity contribution >= 4 is 0 Å². The molecule has 2 N–H and O–H groups in total. The predicted molar refractivity (Wildman–Crippen MR) is 74.0 cm³/mol. The molecule has 1 aromatic carbocycles. The molecule has 0 saturated carbocycles. The van der Waals surface area contributed by atoms with E-state index in [0.717, 1.165) is 24.3 Å². The molecule has 0 radical (unpaired) electrons. The lowest BCUT2D eigenvalue weighted by Crippen LogP contribution is -2.43. The van der Waals surface area contributed by atoms with Crippen LogP contribution >= 0.6 is 0 Å². The monoisotopic (exact) mass is 257 g/mol. The molecule has 1 atom stereocenters. The first-order valence-electron chi connectivity index (χ1n) is 6.60. The van der Waals surface area contributed by atoms with Crippen LogP contribution in [0.25, 0.3) is 0 Å². The molecule has 0 spiro atoms. The fraction of sp³-hybridized carbons (Fsp3) is 0.400. The third-order valence-electron chi connectivity index (χ3n) is 3.83. The zero-order chi connectivity index (χ0) is 13.3. The number of nitrogens with two attached hydrogens (primary N) is 1. The van der Waals surface area contributed by atoms with E-state index in [1.807, 2.05) is 30.1 Å². The molecule has 1 aromatic heterocycles. The summed E-state index contributed by atoms with van der Waals surface area (Å²) in [5.74, 6) is 0.993. The number of benzene rings is 1. The minimum absolute atomic E-state index is 0.0390. The number of rotatable bonds is 3. The summed E-state index contributed by atoms with van der Waals surface area (Å²) in [4.78, 5) is 0. The van der Waals surface area contributed by atoms with Crippen molar-refractivity contribution in [3.05, 3.63) is 47.8 Å². The van der Waals surface area contributed by atoms with Crippen molar-refractivity contribution in [3.8, 4) is 5.75 Å².